The molecule has 2 unspecified atom stereocenters. The molecular formula is C18H30O4. The Morgan fingerprint density at radius 1 is 0.727 bits per heavy atom. The quantitative estimate of drug-likeness (QED) is 0.436. The third-order valence-electron chi connectivity index (χ3n) is 2.45. The highest BCUT2D eigenvalue weighted by atomic mass is 17.2. The highest BCUT2D eigenvalue weighted by Gasteiger charge is 2.29. The lowest BCUT2D eigenvalue weighted by Gasteiger charge is -2.27. The highest BCUT2D eigenvalue weighted by molar-refractivity contribution is 5.29. The molecule has 0 fully saturated rings. The van der Waals surface area contributed by atoms with E-state index < -0.39 is 22.4 Å². The Morgan fingerprint density at radius 3 is 1.55 bits per heavy atom. The third kappa shape index (κ3) is 9.07. The van der Waals surface area contributed by atoms with Crippen LogP contribution >= 0.6 is 0 Å². The van der Waals surface area contributed by atoms with Crippen molar-refractivity contribution in [1.82, 2.24) is 0 Å². The molecule has 0 radical (unpaired) electrons. The predicted octanol–water partition coefficient (Wildman–Crippen LogP) is 4.04. The van der Waals surface area contributed by atoms with Gasteiger partial charge in [0.1, 0.15) is 0 Å². The molecule has 0 spiro atoms. The first-order valence-corrected chi connectivity index (χ1v) is 7.50. The van der Waals surface area contributed by atoms with Crippen molar-refractivity contribution in [2.24, 2.45) is 0 Å². The zero-order chi connectivity index (χ0) is 17.7. The van der Waals surface area contributed by atoms with Gasteiger partial charge in [0.2, 0.25) is 5.60 Å². The summed E-state index contributed by atoms with van der Waals surface area (Å²) in [5.74, 6) is 8.41. The maximum atomic E-state index is 5.52. The van der Waals surface area contributed by atoms with Crippen LogP contribution in [0.4, 0.5) is 0 Å². The second kappa shape index (κ2) is 7.49. The molecule has 0 aromatic carbocycles. The molecule has 126 valence electrons. The monoisotopic (exact) mass is 310 g/mol. The van der Waals surface area contributed by atoms with Crippen molar-refractivity contribution >= 4 is 0 Å². The van der Waals surface area contributed by atoms with E-state index in [0.717, 1.165) is 0 Å². The topological polar surface area (TPSA) is 36.9 Å². The number of rotatable bonds is 5. The first kappa shape index (κ1) is 21.0. The molecule has 0 bridgehead atoms. The Hall–Kier alpha value is -1.04. The van der Waals surface area contributed by atoms with Gasteiger partial charge < -0.3 is 0 Å². The van der Waals surface area contributed by atoms with Crippen molar-refractivity contribution in [2.45, 2.75) is 91.1 Å². The third-order valence-corrected chi connectivity index (χ3v) is 2.45. The molecular weight excluding hydrogens is 280 g/mol. The molecule has 0 amide bonds. The van der Waals surface area contributed by atoms with Crippen LogP contribution < -0.4 is 0 Å². The largest absolute Gasteiger partial charge is 0.229 e. The van der Waals surface area contributed by atoms with Crippen LogP contribution in [0.15, 0.2) is 0 Å². The fourth-order valence-electron chi connectivity index (χ4n) is 0.926. The van der Waals surface area contributed by atoms with Crippen molar-refractivity contribution in [2.75, 3.05) is 0 Å². The zero-order valence-electron chi connectivity index (χ0n) is 15.4. The normalized spacial score (nSPS) is 17.6. The van der Waals surface area contributed by atoms with Crippen molar-refractivity contribution in [3.8, 4) is 24.2 Å². The van der Waals surface area contributed by atoms with Gasteiger partial charge in [-0.25, -0.2) is 19.6 Å². The Bertz CT molecular complexity index is 453. The molecule has 0 N–H and O–H groups in total. The SMILES string of the molecule is C#CC(C)(C#CC(C)(CC)OOC(C)(C)C)OOC(C)(C)C. The molecule has 4 heteroatoms. The average Bonchev–Trinajstić information content (AvgIpc) is 2.39. The minimum atomic E-state index is -1.16. The molecule has 0 aromatic heterocycles. The van der Waals surface area contributed by atoms with Crippen molar-refractivity contribution < 1.29 is 19.6 Å². The second-order valence-electron chi connectivity index (χ2n) is 7.57. The number of hydrogen-bond acceptors (Lipinski definition) is 4. The maximum Gasteiger partial charge on any atom is 0.220 e. The molecule has 0 aliphatic rings. The Kier molecular flexibility index (Phi) is 7.13. The van der Waals surface area contributed by atoms with Gasteiger partial charge in [-0.1, -0.05) is 18.8 Å². The molecule has 0 saturated carbocycles. The van der Waals surface area contributed by atoms with Crippen LogP contribution in [-0.4, -0.2) is 22.4 Å². The smallest absolute Gasteiger partial charge is 0.220 e. The summed E-state index contributed by atoms with van der Waals surface area (Å²) in [5, 5.41) is 0. The summed E-state index contributed by atoms with van der Waals surface area (Å²) in [6.45, 7) is 16.8. The van der Waals surface area contributed by atoms with Crippen LogP contribution in [0, 0.1) is 24.2 Å². The van der Waals surface area contributed by atoms with Crippen LogP contribution in [0.25, 0.3) is 0 Å². The summed E-state index contributed by atoms with van der Waals surface area (Å²) in [4.78, 5) is 21.5. The van der Waals surface area contributed by atoms with Gasteiger partial charge in [-0.3, -0.25) is 0 Å². The average molecular weight is 310 g/mol. The van der Waals surface area contributed by atoms with E-state index in [9.17, 15) is 0 Å². The van der Waals surface area contributed by atoms with Gasteiger partial charge in [-0.05, 0) is 67.7 Å². The predicted molar refractivity (Wildman–Crippen MR) is 87.6 cm³/mol. The number of terminal acetylenes is 1. The molecule has 0 aromatic rings. The second-order valence-corrected chi connectivity index (χ2v) is 7.57. The van der Waals surface area contributed by atoms with Crippen LogP contribution in [-0.2, 0) is 19.6 Å². The summed E-state index contributed by atoms with van der Waals surface area (Å²) in [7, 11) is 0. The van der Waals surface area contributed by atoms with Crippen molar-refractivity contribution in [1.29, 1.82) is 0 Å². The van der Waals surface area contributed by atoms with Gasteiger partial charge in [0.15, 0.2) is 5.60 Å². The van der Waals surface area contributed by atoms with E-state index in [0.29, 0.717) is 6.42 Å². The summed E-state index contributed by atoms with van der Waals surface area (Å²) in [6.07, 6.45) is 6.16. The molecule has 2 atom stereocenters. The van der Waals surface area contributed by atoms with Crippen molar-refractivity contribution in [3.63, 3.8) is 0 Å². The van der Waals surface area contributed by atoms with E-state index in [4.69, 9.17) is 26.0 Å². The van der Waals surface area contributed by atoms with E-state index in [1.54, 1.807) is 6.92 Å². The van der Waals surface area contributed by atoms with E-state index in [2.05, 4.69) is 17.8 Å². The van der Waals surface area contributed by atoms with Crippen LogP contribution in [0.1, 0.15) is 68.7 Å². The molecule has 0 aliphatic carbocycles. The summed E-state index contributed by atoms with van der Waals surface area (Å²) < 4.78 is 0. The van der Waals surface area contributed by atoms with Gasteiger partial charge in [-0.2, -0.15) is 0 Å². The van der Waals surface area contributed by atoms with Crippen LogP contribution in [0.2, 0.25) is 0 Å². The molecule has 0 rings (SSSR count). The fourth-order valence-corrected chi connectivity index (χ4v) is 0.926. The van der Waals surface area contributed by atoms with Gasteiger partial charge in [0.25, 0.3) is 0 Å². The summed E-state index contributed by atoms with van der Waals surface area (Å²) in [5.41, 5.74) is -2.83. The van der Waals surface area contributed by atoms with Gasteiger partial charge in [0.05, 0.1) is 11.2 Å². The van der Waals surface area contributed by atoms with Gasteiger partial charge in [0, 0.05) is 0 Å². The van der Waals surface area contributed by atoms with Gasteiger partial charge >= 0.3 is 0 Å². The Morgan fingerprint density at radius 2 is 1.18 bits per heavy atom. The molecule has 0 saturated heterocycles. The van der Waals surface area contributed by atoms with E-state index >= 15 is 0 Å². The molecule has 22 heavy (non-hydrogen) atoms. The molecule has 0 aliphatic heterocycles. The fraction of sp³-hybridized carbons (Fsp3) is 0.778. The first-order chi connectivity index (χ1) is 9.74. The highest BCUT2D eigenvalue weighted by Crippen LogP contribution is 2.21. The first-order valence-electron chi connectivity index (χ1n) is 7.50. The van der Waals surface area contributed by atoms with Crippen molar-refractivity contribution in [3.05, 3.63) is 0 Å². The molecule has 4 nitrogen and oxygen atoms in total. The summed E-state index contributed by atoms with van der Waals surface area (Å²) >= 11 is 0. The Labute approximate surface area is 135 Å². The minimum Gasteiger partial charge on any atom is -0.229 e. The van der Waals surface area contributed by atoms with E-state index in [-0.39, 0.29) is 0 Å². The number of hydrogen-bond donors (Lipinski definition) is 0. The van der Waals surface area contributed by atoms with Crippen LogP contribution in [0.5, 0.6) is 0 Å². The molecule has 0 heterocycles. The Balaban J connectivity index is 5.05. The maximum absolute atomic E-state index is 5.52. The lowest BCUT2D eigenvalue weighted by molar-refractivity contribution is -0.388. The van der Waals surface area contributed by atoms with Crippen LogP contribution in [0.3, 0.4) is 0 Å². The summed E-state index contributed by atoms with van der Waals surface area (Å²) in [6, 6.07) is 0. The minimum absolute atomic E-state index is 0.417. The lowest BCUT2D eigenvalue weighted by Crippen LogP contribution is -2.34. The standard InChI is InChI=1S/C18H30O4/c1-11-17(9,21-19-15(3,4)5)13-14-18(10,12-2)22-20-16(6,7)8/h1H,12H2,2-10H3. The van der Waals surface area contributed by atoms with E-state index in [1.165, 1.54) is 0 Å². The zero-order valence-corrected chi connectivity index (χ0v) is 15.4. The van der Waals surface area contributed by atoms with Gasteiger partial charge in [-0.15, -0.1) is 6.42 Å². The lowest BCUT2D eigenvalue weighted by atomic mass is 10.0. The van der Waals surface area contributed by atoms with E-state index in [1.807, 2.05) is 55.4 Å².